The van der Waals surface area contributed by atoms with Gasteiger partial charge in [-0.3, -0.25) is 14.9 Å². The van der Waals surface area contributed by atoms with Crippen LogP contribution in [0.1, 0.15) is 16.1 Å². The fraction of sp³-hybridized carbons (Fsp3) is 0.0526. The Morgan fingerprint density at radius 2 is 1.76 bits per heavy atom. The van der Waals surface area contributed by atoms with Gasteiger partial charge >= 0.3 is 5.69 Å². The summed E-state index contributed by atoms with van der Waals surface area (Å²) >= 11 is 0. The summed E-state index contributed by atoms with van der Waals surface area (Å²) in [6.07, 6.45) is 0. The summed E-state index contributed by atoms with van der Waals surface area (Å²) in [6.45, 7) is 1.92. The molecule has 2 heterocycles. The van der Waals surface area contributed by atoms with Gasteiger partial charge in [-0.2, -0.15) is 0 Å². The van der Waals surface area contributed by atoms with Gasteiger partial charge in [0.25, 0.3) is 11.6 Å². The lowest BCUT2D eigenvalue weighted by atomic mass is 10.2. The Bertz CT molecular complexity index is 1320. The Morgan fingerprint density at radius 3 is 2.34 bits per heavy atom. The van der Waals surface area contributed by atoms with Gasteiger partial charge in [0, 0.05) is 17.7 Å². The van der Waals surface area contributed by atoms with Crippen molar-refractivity contribution < 1.29 is 9.72 Å². The Labute approximate surface area is 162 Å². The highest BCUT2D eigenvalue weighted by Gasteiger charge is 2.20. The van der Waals surface area contributed by atoms with Crippen LogP contribution >= 0.6 is 0 Å². The number of aromatic amines is 1. The number of benzene rings is 2. The molecule has 10 nitrogen and oxygen atoms in total. The number of nitro benzene ring substituents is 1. The number of rotatable bonds is 4. The van der Waals surface area contributed by atoms with E-state index in [2.05, 4.69) is 15.0 Å². The number of hydrogen-bond acceptors (Lipinski definition) is 6. The molecule has 4 aromatic rings. The third-order valence-corrected chi connectivity index (χ3v) is 4.40. The highest BCUT2D eigenvalue weighted by atomic mass is 16.6. The zero-order valence-corrected chi connectivity index (χ0v) is 15.1. The van der Waals surface area contributed by atoms with Crippen LogP contribution in [0.25, 0.3) is 28.2 Å². The van der Waals surface area contributed by atoms with E-state index in [0.717, 1.165) is 5.56 Å². The molecule has 0 aliphatic carbocycles. The fourth-order valence-electron chi connectivity index (χ4n) is 2.96. The molecule has 0 saturated heterocycles. The Morgan fingerprint density at radius 1 is 1.10 bits per heavy atom. The van der Waals surface area contributed by atoms with Crippen LogP contribution in [0.2, 0.25) is 0 Å². The number of aromatic nitrogens is 4. The minimum absolute atomic E-state index is 0.0943. The van der Waals surface area contributed by atoms with E-state index in [1.54, 1.807) is 12.1 Å². The molecule has 0 radical (unpaired) electrons. The second-order valence-corrected chi connectivity index (χ2v) is 6.36. The molecule has 0 aliphatic heterocycles. The Balaban J connectivity index is 1.99. The standard InChI is InChI=1S/C19H14N6O4/c1-10-2-6-12(7-3-10)24-18-15(22-19(24)27)14(16(20)26)21-17(23-18)11-4-8-13(9-5-11)25(28)29/h2-9H,1H3,(H2,20,26)(H,22,27). The second kappa shape index (κ2) is 6.68. The first-order chi connectivity index (χ1) is 13.8. The number of carbonyl (C=O) groups is 1. The monoisotopic (exact) mass is 390 g/mol. The summed E-state index contributed by atoms with van der Waals surface area (Å²) in [7, 11) is 0. The number of fused-ring (bicyclic) bond motifs is 1. The lowest BCUT2D eigenvalue weighted by Gasteiger charge is -2.07. The molecule has 29 heavy (non-hydrogen) atoms. The molecule has 2 aromatic carbocycles. The van der Waals surface area contributed by atoms with Crippen molar-refractivity contribution in [3.63, 3.8) is 0 Å². The van der Waals surface area contributed by atoms with Crippen molar-refractivity contribution in [2.24, 2.45) is 5.73 Å². The third-order valence-electron chi connectivity index (χ3n) is 4.40. The maximum Gasteiger partial charge on any atom is 0.332 e. The normalized spacial score (nSPS) is 10.9. The topological polar surface area (TPSA) is 150 Å². The number of aryl methyl sites for hydroxylation is 1. The number of primary amides is 1. The number of non-ortho nitro benzene ring substituents is 1. The van der Waals surface area contributed by atoms with Crippen molar-refractivity contribution >= 4 is 22.8 Å². The Hall–Kier alpha value is -4.34. The molecule has 0 aliphatic rings. The molecule has 0 atom stereocenters. The van der Waals surface area contributed by atoms with E-state index in [0.29, 0.717) is 11.3 Å². The number of nitrogens with two attached hydrogens (primary N) is 1. The average molecular weight is 390 g/mol. The number of nitro groups is 1. The lowest BCUT2D eigenvalue weighted by Crippen LogP contribution is -2.15. The van der Waals surface area contributed by atoms with Gasteiger partial charge in [-0.1, -0.05) is 17.7 Å². The molecule has 10 heteroatoms. The van der Waals surface area contributed by atoms with Gasteiger partial charge in [0.2, 0.25) is 0 Å². The molecule has 3 N–H and O–H groups in total. The van der Waals surface area contributed by atoms with Crippen molar-refractivity contribution in [2.45, 2.75) is 6.92 Å². The summed E-state index contributed by atoms with van der Waals surface area (Å²) in [5.74, 6) is -0.723. The van der Waals surface area contributed by atoms with Crippen LogP contribution in [0.3, 0.4) is 0 Å². The number of nitrogens with one attached hydrogen (secondary N) is 1. The van der Waals surface area contributed by atoms with Crippen molar-refractivity contribution in [2.75, 3.05) is 0 Å². The van der Waals surface area contributed by atoms with Gasteiger partial charge in [-0.15, -0.1) is 0 Å². The van der Waals surface area contributed by atoms with Crippen molar-refractivity contribution in [3.8, 4) is 17.1 Å². The van der Waals surface area contributed by atoms with E-state index in [9.17, 15) is 19.7 Å². The quantitative estimate of drug-likeness (QED) is 0.402. The highest BCUT2D eigenvalue weighted by Crippen LogP contribution is 2.23. The minimum atomic E-state index is -0.835. The van der Waals surface area contributed by atoms with E-state index >= 15 is 0 Å². The smallest absolute Gasteiger partial charge is 0.332 e. The van der Waals surface area contributed by atoms with Crippen LogP contribution in [0.5, 0.6) is 0 Å². The molecule has 144 valence electrons. The largest absolute Gasteiger partial charge is 0.364 e. The molecule has 4 rings (SSSR count). The van der Waals surface area contributed by atoms with Crippen LogP contribution in [0.4, 0.5) is 5.69 Å². The van der Waals surface area contributed by atoms with Gasteiger partial charge in [-0.05, 0) is 31.2 Å². The van der Waals surface area contributed by atoms with Gasteiger partial charge in [0.15, 0.2) is 17.2 Å². The van der Waals surface area contributed by atoms with Crippen LogP contribution in [-0.2, 0) is 0 Å². The van der Waals surface area contributed by atoms with E-state index in [4.69, 9.17) is 5.73 Å². The summed E-state index contributed by atoms with van der Waals surface area (Å²) in [5, 5.41) is 10.9. The fourth-order valence-corrected chi connectivity index (χ4v) is 2.96. The zero-order chi connectivity index (χ0) is 20.7. The van der Waals surface area contributed by atoms with Gasteiger partial charge in [-0.25, -0.2) is 19.3 Å². The van der Waals surface area contributed by atoms with Crippen LogP contribution in [-0.4, -0.2) is 30.3 Å². The van der Waals surface area contributed by atoms with E-state index < -0.39 is 16.5 Å². The van der Waals surface area contributed by atoms with E-state index in [1.165, 1.54) is 28.8 Å². The number of imidazole rings is 1. The van der Waals surface area contributed by atoms with Gasteiger partial charge < -0.3 is 10.7 Å². The predicted molar refractivity (Wildman–Crippen MR) is 105 cm³/mol. The van der Waals surface area contributed by atoms with Gasteiger partial charge in [0.1, 0.15) is 5.52 Å². The molecule has 0 saturated carbocycles. The number of amides is 1. The molecule has 0 unspecified atom stereocenters. The predicted octanol–water partition coefficient (Wildman–Crippen LogP) is 2.09. The van der Waals surface area contributed by atoms with Crippen LogP contribution in [0.15, 0.2) is 53.3 Å². The molecule has 2 aromatic heterocycles. The number of H-pyrrole nitrogens is 1. The lowest BCUT2D eigenvalue weighted by molar-refractivity contribution is -0.384. The number of hydrogen-bond donors (Lipinski definition) is 2. The van der Waals surface area contributed by atoms with Crippen molar-refractivity contribution in [3.05, 3.63) is 80.4 Å². The molecular formula is C19H14N6O4. The molecule has 0 fully saturated rings. The number of carbonyl (C=O) groups excluding carboxylic acids is 1. The first kappa shape index (κ1) is 18.0. The maximum atomic E-state index is 12.6. The van der Waals surface area contributed by atoms with Gasteiger partial charge in [0.05, 0.1) is 10.6 Å². The number of nitrogens with zero attached hydrogens (tertiary/aromatic N) is 4. The average Bonchev–Trinajstić information content (AvgIpc) is 3.03. The second-order valence-electron chi connectivity index (χ2n) is 6.36. The summed E-state index contributed by atoms with van der Waals surface area (Å²) in [4.78, 5) is 46.1. The first-order valence-corrected chi connectivity index (χ1v) is 8.49. The first-order valence-electron chi connectivity index (χ1n) is 8.49. The molecule has 0 spiro atoms. The Kier molecular flexibility index (Phi) is 4.15. The summed E-state index contributed by atoms with van der Waals surface area (Å²) < 4.78 is 1.32. The van der Waals surface area contributed by atoms with Crippen molar-refractivity contribution in [1.82, 2.24) is 19.5 Å². The maximum absolute atomic E-state index is 12.6. The van der Waals surface area contributed by atoms with Crippen LogP contribution in [0, 0.1) is 17.0 Å². The van der Waals surface area contributed by atoms with E-state index in [1.807, 2.05) is 19.1 Å². The summed E-state index contributed by atoms with van der Waals surface area (Å²) in [5.41, 5.74) is 7.02. The van der Waals surface area contributed by atoms with E-state index in [-0.39, 0.29) is 28.4 Å². The summed E-state index contributed by atoms with van der Waals surface area (Å²) in [6, 6.07) is 12.7. The highest BCUT2D eigenvalue weighted by molar-refractivity contribution is 6.02. The van der Waals surface area contributed by atoms with Crippen molar-refractivity contribution in [1.29, 1.82) is 0 Å². The molecule has 0 bridgehead atoms. The molecular weight excluding hydrogens is 376 g/mol. The zero-order valence-electron chi connectivity index (χ0n) is 15.1. The third kappa shape index (κ3) is 3.12. The SMILES string of the molecule is Cc1ccc(-n2c(=O)[nH]c3c(C(N)=O)nc(-c4ccc([N+](=O)[O-])cc4)nc32)cc1. The minimum Gasteiger partial charge on any atom is -0.364 e. The molecule has 1 amide bonds. The van der Waals surface area contributed by atoms with Crippen LogP contribution < -0.4 is 11.4 Å².